The second kappa shape index (κ2) is 7.35. The highest BCUT2D eigenvalue weighted by Crippen LogP contribution is 2.34. The molecule has 0 spiro atoms. The second-order valence-corrected chi connectivity index (χ2v) is 7.77. The van der Waals surface area contributed by atoms with Crippen LogP contribution in [0.1, 0.15) is 17.5 Å². The van der Waals surface area contributed by atoms with Gasteiger partial charge in [-0.3, -0.25) is 4.79 Å². The molecule has 2 N–H and O–H groups in total. The highest BCUT2D eigenvalue weighted by molar-refractivity contribution is 7.89. The molecular weight excluding hydrogens is 356 g/mol. The van der Waals surface area contributed by atoms with E-state index in [0.717, 1.165) is 5.56 Å². The summed E-state index contributed by atoms with van der Waals surface area (Å²) in [4.78, 5) is 12.3. The van der Waals surface area contributed by atoms with Gasteiger partial charge in [0.25, 0.3) is 0 Å². The Labute approximate surface area is 152 Å². The zero-order valence-corrected chi connectivity index (χ0v) is 15.4. The fraction of sp³-hybridized carbons (Fsp3) is 0.278. The fourth-order valence-corrected chi connectivity index (χ4v) is 3.93. The second-order valence-electron chi connectivity index (χ2n) is 6.03. The van der Waals surface area contributed by atoms with Crippen LogP contribution in [-0.4, -0.2) is 27.7 Å². The topological polar surface area (TPSA) is 93.7 Å². The number of anilines is 1. The average molecular weight is 376 g/mol. The zero-order chi connectivity index (χ0) is 18.7. The van der Waals surface area contributed by atoms with E-state index in [2.05, 4.69) is 10.0 Å². The van der Waals surface area contributed by atoms with E-state index in [9.17, 15) is 13.2 Å². The van der Waals surface area contributed by atoms with Crippen molar-refractivity contribution in [3.8, 4) is 11.5 Å². The molecule has 2 aromatic rings. The summed E-state index contributed by atoms with van der Waals surface area (Å²) in [5.74, 6) is 0.898. The van der Waals surface area contributed by atoms with Crippen molar-refractivity contribution >= 4 is 21.6 Å². The van der Waals surface area contributed by atoms with E-state index in [1.54, 1.807) is 43.3 Å². The number of carbonyl (C=O) groups excluding carboxylic acids is 1. The van der Waals surface area contributed by atoms with Crippen LogP contribution < -0.4 is 19.5 Å². The minimum atomic E-state index is -3.65. The molecule has 3 rings (SSSR count). The van der Waals surface area contributed by atoms with Crippen molar-refractivity contribution in [2.45, 2.75) is 25.2 Å². The molecule has 1 aliphatic heterocycles. The number of nitrogens with one attached hydrogen (secondary N) is 2. The van der Waals surface area contributed by atoms with Crippen LogP contribution >= 0.6 is 0 Å². The summed E-state index contributed by atoms with van der Waals surface area (Å²) in [5.41, 5.74) is 2.23. The van der Waals surface area contributed by atoms with Crippen molar-refractivity contribution in [3.05, 3.63) is 47.5 Å². The molecule has 0 atom stereocenters. The van der Waals surface area contributed by atoms with Crippen LogP contribution in [-0.2, 0) is 14.8 Å². The first-order valence-corrected chi connectivity index (χ1v) is 9.60. The largest absolute Gasteiger partial charge is 0.454 e. The van der Waals surface area contributed by atoms with Crippen molar-refractivity contribution in [1.29, 1.82) is 0 Å². The summed E-state index contributed by atoms with van der Waals surface area (Å²) in [7, 11) is -3.65. The lowest BCUT2D eigenvalue weighted by molar-refractivity contribution is -0.116. The summed E-state index contributed by atoms with van der Waals surface area (Å²) >= 11 is 0. The van der Waals surface area contributed by atoms with Crippen LogP contribution in [0.25, 0.3) is 0 Å². The normalized spacial score (nSPS) is 12.8. The van der Waals surface area contributed by atoms with Crippen molar-refractivity contribution < 1.29 is 22.7 Å². The Kier molecular flexibility index (Phi) is 5.15. The number of amides is 1. The zero-order valence-electron chi connectivity index (χ0n) is 14.5. The summed E-state index contributed by atoms with van der Waals surface area (Å²) in [6.45, 7) is 3.81. The van der Waals surface area contributed by atoms with Crippen molar-refractivity contribution in [1.82, 2.24) is 4.72 Å². The molecule has 0 aromatic heterocycles. The molecule has 0 bridgehead atoms. The van der Waals surface area contributed by atoms with Crippen LogP contribution in [0.4, 0.5) is 5.69 Å². The number of benzene rings is 2. The summed E-state index contributed by atoms with van der Waals surface area (Å²) in [6, 6.07) is 10.2. The van der Waals surface area contributed by atoms with Gasteiger partial charge in [0.1, 0.15) is 0 Å². The van der Waals surface area contributed by atoms with E-state index in [1.807, 2.05) is 6.92 Å². The van der Waals surface area contributed by atoms with Crippen molar-refractivity contribution in [2.75, 3.05) is 18.7 Å². The quantitative estimate of drug-likeness (QED) is 0.807. The predicted molar refractivity (Wildman–Crippen MR) is 96.9 cm³/mol. The van der Waals surface area contributed by atoms with Crippen LogP contribution in [0, 0.1) is 13.8 Å². The van der Waals surface area contributed by atoms with Gasteiger partial charge in [-0.2, -0.15) is 0 Å². The number of hydrogen-bond acceptors (Lipinski definition) is 5. The lowest BCUT2D eigenvalue weighted by atomic mass is 10.2. The summed E-state index contributed by atoms with van der Waals surface area (Å²) < 4.78 is 37.6. The molecule has 0 unspecified atom stereocenters. The lowest BCUT2D eigenvalue weighted by Gasteiger charge is -2.10. The molecule has 0 fully saturated rings. The number of sulfonamides is 1. The Balaban J connectivity index is 1.54. The molecule has 8 heteroatoms. The van der Waals surface area contributed by atoms with Crippen LogP contribution in [0.15, 0.2) is 41.3 Å². The Morgan fingerprint density at radius 1 is 1.08 bits per heavy atom. The van der Waals surface area contributed by atoms with Gasteiger partial charge >= 0.3 is 0 Å². The van der Waals surface area contributed by atoms with Gasteiger partial charge in [0.15, 0.2) is 11.5 Å². The number of rotatable bonds is 6. The smallest absolute Gasteiger partial charge is 0.240 e. The third-order valence-corrected chi connectivity index (χ3v) is 5.54. The molecule has 26 heavy (non-hydrogen) atoms. The molecule has 1 heterocycles. The first kappa shape index (κ1) is 18.2. The molecule has 0 saturated carbocycles. The molecule has 0 radical (unpaired) electrons. The maximum atomic E-state index is 12.4. The average Bonchev–Trinajstić information content (AvgIpc) is 3.01. The molecular formula is C18H20N2O5S. The van der Waals surface area contributed by atoms with E-state index >= 15 is 0 Å². The Morgan fingerprint density at radius 3 is 2.62 bits per heavy atom. The third-order valence-electron chi connectivity index (χ3n) is 3.92. The maximum Gasteiger partial charge on any atom is 0.240 e. The molecule has 138 valence electrons. The highest BCUT2D eigenvalue weighted by atomic mass is 32.2. The van der Waals surface area contributed by atoms with E-state index in [0.29, 0.717) is 22.7 Å². The van der Waals surface area contributed by atoms with Crippen LogP contribution in [0.2, 0.25) is 0 Å². The third kappa shape index (κ3) is 4.14. The van der Waals surface area contributed by atoms with Crippen LogP contribution in [0.5, 0.6) is 11.5 Å². The standard InChI is InChI=1S/C18H20N2O5S/c1-12-3-6-17(13(2)9-12)26(22,23)19-8-7-18(21)20-14-4-5-15-16(10-14)25-11-24-15/h3-6,9-10,19H,7-8,11H2,1-2H3,(H,20,21). The van der Waals surface area contributed by atoms with Gasteiger partial charge in [-0.25, -0.2) is 13.1 Å². The van der Waals surface area contributed by atoms with Crippen molar-refractivity contribution in [2.24, 2.45) is 0 Å². The number of ether oxygens (including phenoxy) is 2. The van der Waals surface area contributed by atoms with E-state index in [-0.39, 0.29) is 30.6 Å². The van der Waals surface area contributed by atoms with Crippen molar-refractivity contribution in [3.63, 3.8) is 0 Å². The summed E-state index contributed by atoms with van der Waals surface area (Å²) in [5, 5.41) is 2.71. The molecule has 1 aliphatic rings. The summed E-state index contributed by atoms with van der Waals surface area (Å²) in [6.07, 6.45) is 0.0125. The minimum Gasteiger partial charge on any atom is -0.454 e. The number of fused-ring (bicyclic) bond motifs is 1. The van der Waals surface area contributed by atoms with Gasteiger partial charge < -0.3 is 14.8 Å². The van der Waals surface area contributed by atoms with Gasteiger partial charge in [-0.1, -0.05) is 17.7 Å². The van der Waals surface area contributed by atoms with Gasteiger partial charge in [0, 0.05) is 24.7 Å². The molecule has 0 aliphatic carbocycles. The highest BCUT2D eigenvalue weighted by Gasteiger charge is 2.17. The maximum absolute atomic E-state index is 12.4. The number of aryl methyl sites for hydroxylation is 2. The minimum absolute atomic E-state index is 0.00599. The SMILES string of the molecule is Cc1ccc(S(=O)(=O)NCCC(=O)Nc2ccc3c(c2)OCO3)c(C)c1. The monoisotopic (exact) mass is 376 g/mol. The first-order valence-electron chi connectivity index (χ1n) is 8.11. The Bertz CT molecular complexity index is 941. The van der Waals surface area contributed by atoms with Gasteiger partial charge in [-0.05, 0) is 37.6 Å². The number of carbonyl (C=O) groups is 1. The van der Waals surface area contributed by atoms with Crippen LogP contribution in [0.3, 0.4) is 0 Å². The molecule has 7 nitrogen and oxygen atoms in total. The number of hydrogen-bond donors (Lipinski definition) is 2. The first-order chi connectivity index (χ1) is 12.3. The Morgan fingerprint density at radius 2 is 1.85 bits per heavy atom. The lowest BCUT2D eigenvalue weighted by Crippen LogP contribution is -2.28. The van der Waals surface area contributed by atoms with Gasteiger partial charge in [-0.15, -0.1) is 0 Å². The molecule has 1 amide bonds. The fourth-order valence-electron chi connectivity index (χ4n) is 2.68. The Hall–Kier alpha value is -2.58. The predicted octanol–water partition coefficient (Wildman–Crippen LogP) is 2.34. The molecule has 2 aromatic carbocycles. The van der Waals surface area contributed by atoms with E-state index in [4.69, 9.17) is 9.47 Å². The van der Waals surface area contributed by atoms with E-state index in [1.165, 1.54) is 0 Å². The van der Waals surface area contributed by atoms with Gasteiger partial charge in [0.05, 0.1) is 4.90 Å². The van der Waals surface area contributed by atoms with Gasteiger partial charge in [0.2, 0.25) is 22.7 Å². The van der Waals surface area contributed by atoms with E-state index < -0.39 is 10.0 Å². The molecule has 0 saturated heterocycles.